The summed E-state index contributed by atoms with van der Waals surface area (Å²) in [4.78, 5) is 12.0. The molecule has 6 nitrogen and oxygen atoms in total. The summed E-state index contributed by atoms with van der Waals surface area (Å²) in [7, 11) is -3.19. The molecule has 2 aromatic rings. The molecule has 0 radical (unpaired) electrons. The van der Waals surface area contributed by atoms with Crippen molar-refractivity contribution in [3.8, 4) is 5.75 Å². The number of anilines is 2. The molecule has 2 aromatic carbocycles. The number of amides is 1. The predicted molar refractivity (Wildman–Crippen MR) is 105 cm³/mol. The van der Waals surface area contributed by atoms with Gasteiger partial charge >= 0.3 is 0 Å². The summed E-state index contributed by atoms with van der Waals surface area (Å²) in [6.07, 6.45) is 0.636. The fourth-order valence-corrected chi connectivity index (χ4v) is 4.44. The Hall–Kier alpha value is -1.81. The van der Waals surface area contributed by atoms with E-state index in [0.717, 1.165) is 3.57 Å². The second kappa shape index (κ2) is 7.61. The zero-order chi connectivity index (χ0) is 17.9. The van der Waals surface area contributed by atoms with E-state index in [1.165, 1.54) is 4.31 Å². The number of halogens is 1. The van der Waals surface area contributed by atoms with Gasteiger partial charge in [0.1, 0.15) is 5.75 Å². The highest BCUT2D eigenvalue weighted by molar-refractivity contribution is 14.1. The Bertz CT molecular complexity index is 851. The standard InChI is InChI=1S/C17H17IN2O4S/c18-13-2-8-16(9-3-13)24-12-17(21)19-14-4-6-15(7-5-14)20-10-1-11-25(20,22)23/h2-9H,1,10-12H2,(H,19,21). The average molecular weight is 472 g/mol. The molecule has 0 spiro atoms. The van der Waals surface area contributed by atoms with Crippen LogP contribution in [0.15, 0.2) is 48.5 Å². The van der Waals surface area contributed by atoms with Crippen molar-refractivity contribution in [3.05, 3.63) is 52.1 Å². The van der Waals surface area contributed by atoms with Crippen molar-refractivity contribution < 1.29 is 17.9 Å². The minimum atomic E-state index is -3.19. The number of benzene rings is 2. The van der Waals surface area contributed by atoms with E-state index in [1.807, 2.05) is 12.1 Å². The molecule has 25 heavy (non-hydrogen) atoms. The smallest absolute Gasteiger partial charge is 0.262 e. The van der Waals surface area contributed by atoms with E-state index < -0.39 is 10.0 Å². The molecular weight excluding hydrogens is 455 g/mol. The summed E-state index contributed by atoms with van der Waals surface area (Å²) in [5, 5.41) is 2.73. The first-order valence-electron chi connectivity index (χ1n) is 7.73. The van der Waals surface area contributed by atoms with Crippen molar-refractivity contribution in [2.75, 3.05) is 28.5 Å². The molecule has 1 heterocycles. The van der Waals surface area contributed by atoms with Crippen molar-refractivity contribution in [2.24, 2.45) is 0 Å². The minimum Gasteiger partial charge on any atom is -0.484 e. The molecule has 8 heteroatoms. The van der Waals surface area contributed by atoms with Gasteiger partial charge in [0.05, 0.1) is 11.4 Å². The van der Waals surface area contributed by atoms with E-state index in [9.17, 15) is 13.2 Å². The molecule has 132 valence electrons. The van der Waals surface area contributed by atoms with E-state index in [0.29, 0.717) is 30.1 Å². The molecule has 0 aliphatic carbocycles. The molecule has 0 bridgehead atoms. The molecule has 0 aromatic heterocycles. The number of ether oxygens (including phenoxy) is 1. The second-order valence-corrected chi connectivity index (χ2v) is 8.84. The lowest BCUT2D eigenvalue weighted by molar-refractivity contribution is -0.118. The quantitative estimate of drug-likeness (QED) is 0.680. The van der Waals surface area contributed by atoms with Crippen LogP contribution in [0, 0.1) is 3.57 Å². The van der Waals surface area contributed by atoms with Crippen LogP contribution in [-0.4, -0.2) is 33.2 Å². The maximum absolute atomic E-state index is 12.0. The van der Waals surface area contributed by atoms with Crippen molar-refractivity contribution >= 4 is 49.9 Å². The lowest BCUT2D eigenvalue weighted by Crippen LogP contribution is -2.25. The summed E-state index contributed by atoms with van der Waals surface area (Å²) in [6.45, 7) is 0.404. The van der Waals surface area contributed by atoms with Gasteiger partial charge in [-0.05, 0) is 77.5 Å². The summed E-state index contributed by atoms with van der Waals surface area (Å²) in [5.41, 5.74) is 1.21. The lowest BCUT2D eigenvalue weighted by atomic mass is 10.2. The van der Waals surface area contributed by atoms with Crippen LogP contribution in [0.3, 0.4) is 0 Å². The van der Waals surface area contributed by atoms with E-state index in [1.54, 1.807) is 36.4 Å². The fraction of sp³-hybridized carbons (Fsp3) is 0.235. The summed E-state index contributed by atoms with van der Waals surface area (Å²) < 4.78 is 31.7. The Balaban J connectivity index is 1.56. The van der Waals surface area contributed by atoms with Gasteiger partial charge in [-0.1, -0.05) is 0 Å². The number of sulfonamides is 1. The number of carbonyl (C=O) groups is 1. The number of carbonyl (C=O) groups excluding carboxylic acids is 1. The van der Waals surface area contributed by atoms with Gasteiger partial charge in [-0.25, -0.2) is 8.42 Å². The third-order valence-corrected chi connectivity index (χ3v) is 6.31. The van der Waals surface area contributed by atoms with Crippen molar-refractivity contribution in [3.63, 3.8) is 0 Å². The summed E-state index contributed by atoms with van der Waals surface area (Å²) in [6, 6.07) is 14.2. The Morgan fingerprint density at radius 3 is 2.40 bits per heavy atom. The van der Waals surface area contributed by atoms with E-state index in [4.69, 9.17) is 4.74 Å². The monoisotopic (exact) mass is 472 g/mol. The van der Waals surface area contributed by atoms with Gasteiger partial charge in [-0.2, -0.15) is 0 Å². The first-order chi connectivity index (χ1) is 11.9. The average Bonchev–Trinajstić information content (AvgIpc) is 2.94. The van der Waals surface area contributed by atoms with Crippen LogP contribution in [0.1, 0.15) is 6.42 Å². The Morgan fingerprint density at radius 2 is 1.80 bits per heavy atom. The van der Waals surface area contributed by atoms with Crippen molar-refractivity contribution in [2.45, 2.75) is 6.42 Å². The zero-order valence-corrected chi connectivity index (χ0v) is 16.3. The molecule has 3 rings (SSSR count). The molecule has 1 N–H and O–H groups in total. The van der Waals surface area contributed by atoms with Crippen molar-refractivity contribution in [1.82, 2.24) is 0 Å². The van der Waals surface area contributed by atoms with Crippen LogP contribution < -0.4 is 14.4 Å². The topological polar surface area (TPSA) is 75.7 Å². The number of hydrogen-bond acceptors (Lipinski definition) is 4. The number of nitrogens with zero attached hydrogens (tertiary/aromatic N) is 1. The van der Waals surface area contributed by atoms with E-state index >= 15 is 0 Å². The fourth-order valence-electron chi connectivity index (χ4n) is 2.52. The molecule has 0 atom stereocenters. The van der Waals surface area contributed by atoms with Gasteiger partial charge in [0, 0.05) is 15.8 Å². The third-order valence-electron chi connectivity index (χ3n) is 3.72. The summed E-state index contributed by atoms with van der Waals surface area (Å²) in [5.74, 6) is 0.534. The minimum absolute atomic E-state index is 0.0944. The first kappa shape index (κ1) is 18.0. The summed E-state index contributed by atoms with van der Waals surface area (Å²) >= 11 is 2.20. The molecular formula is C17H17IN2O4S. The van der Waals surface area contributed by atoms with Crippen LogP contribution in [0.25, 0.3) is 0 Å². The highest BCUT2D eigenvalue weighted by Gasteiger charge is 2.28. The molecule has 0 unspecified atom stereocenters. The van der Waals surface area contributed by atoms with Gasteiger partial charge in [0.15, 0.2) is 6.61 Å². The largest absolute Gasteiger partial charge is 0.484 e. The van der Waals surface area contributed by atoms with Crippen LogP contribution in [0.2, 0.25) is 0 Å². The van der Waals surface area contributed by atoms with Gasteiger partial charge in [0.2, 0.25) is 10.0 Å². The Labute approximate surface area is 160 Å². The zero-order valence-electron chi connectivity index (χ0n) is 13.3. The van der Waals surface area contributed by atoms with Crippen LogP contribution in [0.5, 0.6) is 5.75 Å². The maximum atomic E-state index is 12.0. The van der Waals surface area contributed by atoms with Gasteiger partial charge in [-0.15, -0.1) is 0 Å². The van der Waals surface area contributed by atoms with Crippen molar-refractivity contribution in [1.29, 1.82) is 0 Å². The Morgan fingerprint density at radius 1 is 1.12 bits per heavy atom. The van der Waals surface area contributed by atoms with Gasteiger partial charge < -0.3 is 10.1 Å². The highest BCUT2D eigenvalue weighted by Crippen LogP contribution is 2.25. The van der Waals surface area contributed by atoms with Crippen LogP contribution in [-0.2, 0) is 14.8 Å². The molecule has 1 fully saturated rings. The number of rotatable bonds is 5. The van der Waals surface area contributed by atoms with E-state index in [-0.39, 0.29) is 18.3 Å². The van der Waals surface area contributed by atoms with Crippen LogP contribution in [0.4, 0.5) is 11.4 Å². The molecule has 1 amide bonds. The normalized spacial score (nSPS) is 15.8. The highest BCUT2D eigenvalue weighted by atomic mass is 127. The van der Waals surface area contributed by atoms with Crippen LogP contribution >= 0.6 is 22.6 Å². The third kappa shape index (κ3) is 4.63. The number of nitrogens with one attached hydrogen (secondary N) is 1. The van der Waals surface area contributed by atoms with Gasteiger partial charge in [-0.3, -0.25) is 9.10 Å². The molecule has 0 saturated carbocycles. The predicted octanol–water partition coefficient (Wildman–Crippen LogP) is 2.85. The lowest BCUT2D eigenvalue weighted by Gasteiger charge is -2.17. The second-order valence-electron chi connectivity index (χ2n) is 5.58. The first-order valence-corrected chi connectivity index (χ1v) is 10.4. The van der Waals surface area contributed by atoms with Gasteiger partial charge in [0.25, 0.3) is 5.91 Å². The maximum Gasteiger partial charge on any atom is 0.262 e. The molecule has 1 aliphatic heterocycles. The Kier molecular flexibility index (Phi) is 5.48. The molecule has 1 saturated heterocycles. The SMILES string of the molecule is O=C(COc1ccc(I)cc1)Nc1ccc(N2CCCS2(=O)=O)cc1. The number of hydrogen-bond donors (Lipinski definition) is 1. The molecule has 1 aliphatic rings. The van der Waals surface area contributed by atoms with E-state index in [2.05, 4.69) is 27.9 Å².